The second kappa shape index (κ2) is 28.9. The van der Waals surface area contributed by atoms with Crippen molar-refractivity contribution in [2.24, 2.45) is 0 Å². The first-order valence-corrected chi connectivity index (χ1v) is 25.7. The van der Waals surface area contributed by atoms with E-state index in [2.05, 4.69) is 16.0 Å². The lowest BCUT2D eigenvalue weighted by atomic mass is 9.88. The number of aliphatic hydroxyl groups excluding tert-OH is 18. The van der Waals surface area contributed by atoms with Crippen molar-refractivity contribution in [1.82, 2.24) is 16.0 Å². The first kappa shape index (κ1) is 67.8. The third kappa shape index (κ3) is 14.9. The van der Waals surface area contributed by atoms with E-state index in [1.165, 1.54) is 0 Å². The van der Waals surface area contributed by atoms with Crippen LogP contribution in [-0.2, 0) is 71.3 Å². The summed E-state index contributed by atoms with van der Waals surface area (Å²) in [6, 6.07) is -5.01. The predicted molar refractivity (Wildman–Crippen MR) is 251 cm³/mol. The largest absolute Gasteiger partial charge is 0.477 e. The van der Waals surface area contributed by atoms with Crippen molar-refractivity contribution in [1.29, 1.82) is 0 Å². The Labute approximate surface area is 463 Å². The number of hydrogen-bond donors (Lipinski definition) is 22. The lowest BCUT2D eigenvalue weighted by molar-refractivity contribution is -0.380. The number of aliphatic hydroxyl groups is 18. The molecule has 0 radical (unpaired) electrons. The molecule has 37 nitrogen and oxygen atoms in total. The quantitative estimate of drug-likeness (QED) is 0.0479. The van der Waals surface area contributed by atoms with Gasteiger partial charge in [-0.1, -0.05) is 0 Å². The highest BCUT2D eigenvalue weighted by molar-refractivity contribution is 5.77. The number of carbonyl (C=O) groups excluding carboxylic acids is 3. The Kier molecular flexibility index (Phi) is 23.9. The lowest BCUT2D eigenvalue weighted by Crippen LogP contribution is -2.69. The van der Waals surface area contributed by atoms with E-state index in [1.54, 1.807) is 0 Å². The molecule has 0 aliphatic carbocycles. The molecule has 0 aromatic heterocycles. The van der Waals surface area contributed by atoms with Crippen LogP contribution in [0.3, 0.4) is 0 Å². The number of carbonyl (C=O) groups is 4. The number of amides is 3. The van der Waals surface area contributed by atoms with Gasteiger partial charge in [0.25, 0.3) is 5.79 Å². The molecular weight excluding hydrogens is 1130 g/mol. The van der Waals surface area contributed by atoms with Gasteiger partial charge in [0.2, 0.25) is 17.7 Å². The predicted octanol–water partition coefficient (Wildman–Crippen LogP) is -14.5. The van der Waals surface area contributed by atoms with Crippen LogP contribution >= 0.6 is 0 Å². The van der Waals surface area contributed by atoms with Gasteiger partial charge < -0.3 is 165 Å². The topological polar surface area (TPSA) is 590 Å². The van der Waals surface area contributed by atoms with Crippen LogP contribution in [0, 0.1) is 0 Å². The summed E-state index contributed by atoms with van der Waals surface area (Å²) < 4.78 is 62.7. The van der Waals surface area contributed by atoms with Crippen molar-refractivity contribution < 1.29 is 168 Å². The fourth-order valence-electron chi connectivity index (χ4n) is 10.2. The third-order valence-electron chi connectivity index (χ3n) is 14.6. The van der Waals surface area contributed by atoms with Crippen LogP contribution in [0.25, 0.3) is 0 Å². The second-order valence-corrected chi connectivity index (χ2v) is 20.5. The van der Waals surface area contributed by atoms with Crippen LogP contribution in [0.15, 0.2) is 0 Å². The van der Waals surface area contributed by atoms with Gasteiger partial charge in [0.05, 0.1) is 51.8 Å². The van der Waals surface area contributed by atoms with Crippen molar-refractivity contribution in [2.75, 3.05) is 39.6 Å². The maximum absolute atomic E-state index is 12.8. The average molecular weight is 1200 g/mol. The summed E-state index contributed by atoms with van der Waals surface area (Å²) in [7, 11) is 0. The molecule has 82 heavy (non-hydrogen) atoms. The lowest BCUT2D eigenvalue weighted by Gasteiger charge is -2.49. The molecule has 31 atom stereocenters. The minimum atomic E-state index is -2.99. The number of rotatable bonds is 22. The van der Waals surface area contributed by atoms with Crippen LogP contribution in [0.4, 0.5) is 0 Å². The molecule has 6 fully saturated rings. The van der Waals surface area contributed by atoms with E-state index < -0.39 is 259 Å². The van der Waals surface area contributed by atoms with Gasteiger partial charge >= 0.3 is 5.97 Å². The zero-order valence-electron chi connectivity index (χ0n) is 43.9. The number of carboxylic acids is 1. The molecule has 6 rings (SSSR count). The standard InChI is InChI=1S/C45H75N3O34/c1-11(53)46-21-14(56)4-45(44(70)71,82-37(21)24(58)15(57)5-49)73-10-20-27(61)31(65)34(68)42(78-20)80-36-18(8-52)76-40(23(29(36)63)48-13(3)55)81-38-32(66)25(59)16(6-50)75-43(38)72-9-19-26(60)30(64)33(67)41(77-19)79-35-17(7-51)74-39(69)22(28(35)62)47-12(2)54/h14-43,49-52,56-69H,4-10H2,1-3H3,(H,46,53)(H,47,54)(H,48,55)(H,70,71)/t14-,15+,16+,17+,18+,19+,20+,21+,22+,23+,24+,25+,26+,27-,28+,29+,30-,31-,32-,33-,34+,35+,36+,37+,38-,39?,40-,41-,42-,43-,45+/m0/s1. The summed E-state index contributed by atoms with van der Waals surface area (Å²) in [6.07, 6.45) is -54.6. The van der Waals surface area contributed by atoms with Crippen molar-refractivity contribution in [2.45, 2.75) is 217 Å². The Bertz CT molecular complexity index is 2090. The summed E-state index contributed by atoms with van der Waals surface area (Å²) in [5.74, 6) is -7.40. The van der Waals surface area contributed by atoms with E-state index in [4.69, 9.17) is 52.1 Å². The van der Waals surface area contributed by atoms with E-state index in [1.807, 2.05) is 0 Å². The first-order chi connectivity index (χ1) is 38.5. The molecule has 6 saturated heterocycles. The molecule has 37 heteroatoms. The molecule has 3 amide bonds. The highest BCUT2D eigenvalue weighted by Gasteiger charge is 2.59. The summed E-state index contributed by atoms with van der Waals surface area (Å²) >= 11 is 0. The normalized spacial score (nSPS) is 46.3. The smallest absolute Gasteiger partial charge is 0.364 e. The van der Waals surface area contributed by atoms with E-state index >= 15 is 0 Å². The molecular formula is C45H75N3O34. The Hall–Kier alpha value is -3.28. The van der Waals surface area contributed by atoms with Crippen molar-refractivity contribution in [3.8, 4) is 0 Å². The van der Waals surface area contributed by atoms with Gasteiger partial charge in [-0.05, 0) is 0 Å². The molecule has 22 N–H and O–H groups in total. The number of carboxylic acid groups (broad SMARTS) is 1. The average Bonchev–Trinajstić information content (AvgIpc) is 2.20. The van der Waals surface area contributed by atoms with Gasteiger partial charge in [-0.3, -0.25) is 14.4 Å². The van der Waals surface area contributed by atoms with Crippen molar-refractivity contribution in [3.63, 3.8) is 0 Å². The molecule has 0 bridgehead atoms. The van der Waals surface area contributed by atoms with Crippen LogP contribution in [0.1, 0.15) is 27.2 Å². The van der Waals surface area contributed by atoms with E-state index in [0.717, 1.165) is 20.8 Å². The van der Waals surface area contributed by atoms with Crippen LogP contribution in [0.2, 0.25) is 0 Å². The van der Waals surface area contributed by atoms with Gasteiger partial charge in [-0.25, -0.2) is 4.79 Å². The number of hydrogen-bond acceptors (Lipinski definition) is 33. The zero-order valence-corrected chi connectivity index (χ0v) is 43.9. The van der Waals surface area contributed by atoms with E-state index in [9.17, 15) is 116 Å². The highest BCUT2D eigenvalue weighted by atomic mass is 16.8. The van der Waals surface area contributed by atoms with Gasteiger partial charge in [0.1, 0.15) is 140 Å². The number of aliphatic carboxylic acids is 1. The Morgan fingerprint density at radius 1 is 0.500 bits per heavy atom. The molecule has 0 saturated carbocycles. The Morgan fingerprint density at radius 2 is 0.939 bits per heavy atom. The van der Waals surface area contributed by atoms with E-state index in [0.29, 0.717) is 0 Å². The third-order valence-corrected chi connectivity index (χ3v) is 14.6. The zero-order chi connectivity index (χ0) is 61.0. The summed E-state index contributed by atoms with van der Waals surface area (Å²) in [5.41, 5.74) is 0. The Morgan fingerprint density at radius 3 is 1.44 bits per heavy atom. The number of nitrogens with one attached hydrogen (secondary N) is 3. The van der Waals surface area contributed by atoms with Crippen LogP contribution < -0.4 is 16.0 Å². The maximum atomic E-state index is 12.8. The molecule has 6 aliphatic heterocycles. The van der Waals surface area contributed by atoms with Crippen LogP contribution in [0.5, 0.6) is 0 Å². The molecule has 6 heterocycles. The van der Waals surface area contributed by atoms with Crippen LogP contribution in [-0.4, -0.2) is 350 Å². The van der Waals surface area contributed by atoms with Crippen molar-refractivity contribution >= 4 is 23.7 Å². The summed E-state index contributed by atoms with van der Waals surface area (Å²) in [6.45, 7) is -3.14. The number of ether oxygens (including phenoxy) is 11. The maximum Gasteiger partial charge on any atom is 0.364 e. The molecule has 0 spiro atoms. The van der Waals surface area contributed by atoms with E-state index in [-0.39, 0.29) is 0 Å². The first-order valence-electron chi connectivity index (χ1n) is 25.7. The SMILES string of the molecule is CC(=O)N[C@H]1[C@H](O[C@@H]2[C@@H](OC[C@H]3O[C@@H](O[C@H]4[C@H](O)[C@@H](NC(C)=O)C(O)O[C@@H]4CO)[C@@H](O)[C@@H](O)[C@@H]3O)O[C@H](CO)[C@@H](O)[C@@H]2O)O[C@H](CO)[C@@H](O[C@@H]2O[C@H](CO[C@]3(C(=O)O)C[C@H](O)[C@@H](NC(C)=O)[C@H]([C@H](O)[C@H](O)CO)O3)[C@H](O)[C@H](O)[C@H]2O)[C@@H]1O. The van der Waals surface area contributed by atoms with Crippen molar-refractivity contribution in [3.05, 3.63) is 0 Å². The highest BCUT2D eigenvalue weighted by Crippen LogP contribution is 2.38. The fourth-order valence-corrected chi connectivity index (χ4v) is 10.2. The van der Waals surface area contributed by atoms with Gasteiger partial charge in [-0.2, -0.15) is 0 Å². The molecule has 0 aromatic carbocycles. The van der Waals surface area contributed by atoms with Gasteiger partial charge in [-0.15, -0.1) is 0 Å². The minimum absolute atomic E-state index is 0.724. The summed E-state index contributed by atoms with van der Waals surface area (Å²) in [4.78, 5) is 49.2. The fraction of sp³-hybridized carbons (Fsp3) is 0.911. The minimum Gasteiger partial charge on any atom is -0.477 e. The van der Waals surface area contributed by atoms with Gasteiger partial charge in [0, 0.05) is 27.2 Å². The molecule has 6 aliphatic rings. The monoisotopic (exact) mass is 1200 g/mol. The van der Waals surface area contributed by atoms with Gasteiger partial charge in [0.15, 0.2) is 31.5 Å². The Balaban J connectivity index is 1.19. The second-order valence-electron chi connectivity index (χ2n) is 20.5. The molecule has 474 valence electrons. The molecule has 0 aromatic rings. The molecule has 1 unspecified atom stereocenters. The summed E-state index contributed by atoms with van der Waals surface area (Å²) in [5, 5.41) is 211.